The number of amides is 3. The van der Waals surface area contributed by atoms with E-state index >= 15 is 0 Å². The molecule has 0 aromatic heterocycles. The molecule has 1 atom stereocenters. The molecule has 1 aliphatic heterocycles. The summed E-state index contributed by atoms with van der Waals surface area (Å²) in [6.07, 6.45) is 1.66. The van der Waals surface area contributed by atoms with Crippen LogP contribution in [0.1, 0.15) is 52.9 Å². The number of imide groups is 1. The summed E-state index contributed by atoms with van der Waals surface area (Å²) in [5.74, 6) is -1.60. The number of hydroxylamine groups is 2. The lowest BCUT2D eigenvalue weighted by atomic mass is 10.1. The van der Waals surface area contributed by atoms with Crippen molar-refractivity contribution in [1.82, 2.24) is 10.4 Å². The highest BCUT2D eigenvalue weighted by Crippen LogP contribution is 2.34. The van der Waals surface area contributed by atoms with Crippen LogP contribution in [0.3, 0.4) is 0 Å². The topological polar surface area (TPSA) is 102 Å². The Bertz CT molecular complexity index is 505. The summed E-state index contributed by atoms with van der Waals surface area (Å²) in [6.45, 7) is 5.13. The van der Waals surface area contributed by atoms with Crippen LogP contribution in [0.2, 0.25) is 0 Å². The number of nitrogens with one attached hydrogen (secondary N) is 1. The Morgan fingerprint density at radius 1 is 1.22 bits per heavy atom. The minimum atomic E-state index is -0.946. The lowest BCUT2D eigenvalue weighted by molar-refractivity contribution is -0.199. The van der Waals surface area contributed by atoms with E-state index in [2.05, 4.69) is 5.32 Å². The second kappa shape index (κ2) is 6.55. The van der Waals surface area contributed by atoms with Gasteiger partial charge in [-0.25, -0.2) is 9.59 Å². The second-order valence-electron chi connectivity index (χ2n) is 6.87. The molecule has 128 valence electrons. The van der Waals surface area contributed by atoms with Gasteiger partial charge in [-0.3, -0.25) is 9.59 Å². The number of rotatable bonds is 5. The van der Waals surface area contributed by atoms with Gasteiger partial charge in [0.15, 0.2) is 0 Å². The van der Waals surface area contributed by atoms with E-state index in [0.717, 1.165) is 12.8 Å². The maximum absolute atomic E-state index is 12.2. The predicted molar refractivity (Wildman–Crippen MR) is 77.7 cm³/mol. The van der Waals surface area contributed by atoms with E-state index in [4.69, 9.17) is 9.57 Å². The van der Waals surface area contributed by atoms with Crippen LogP contribution in [-0.4, -0.2) is 40.6 Å². The molecular formula is C15H22N2O6. The van der Waals surface area contributed by atoms with E-state index in [1.807, 2.05) is 0 Å². The van der Waals surface area contributed by atoms with Gasteiger partial charge in [0.25, 0.3) is 11.8 Å². The van der Waals surface area contributed by atoms with E-state index in [0.29, 0.717) is 17.4 Å². The maximum atomic E-state index is 12.2. The van der Waals surface area contributed by atoms with Crippen LogP contribution in [0.25, 0.3) is 0 Å². The fraction of sp³-hybridized carbons (Fsp3) is 0.733. The summed E-state index contributed by atoms with van der Waals surface area (Å²) in [4.78, 5) is 52.0. The van der Waals surface area contributed by atoms with E-state index in [1.165, 1.54) is 0 Å². The van der Waals surface area contributed by atoms with Crippen molar-refractivity contribution in [3.05, 3.63) is 0 Å². The number of carbonyl (C=O) groups excluding carboxylic acids is 4. The number of nitrogens with zero attached hydrogens (tertiary/aromatic N) is 1. The van der Waals surface area contributed by atoms with E-state index in [-0.39, 0.29) is 12.8 Å². The summed E-state index contributed by atoms with van der Waals surface area (Å²) in [5.41, 5.74) is -0.695. The molecule has 1 heterocycles. The molecule has 1 aliphatic carbocycles. The van der Waals surface area contributed by atoms with Crippen molar-refractivity contribution in [3.63, 3.8) is 0 Å². The zero-order valence-electron chi connectivity index (χ0n) is 13.6. The van der Waals surface area contributed by atoms with Crippen molar-refractivity contribution in [2.24, 2.45) is 5.92 Å². The minimum Gasteiger partial charge on any atom is -0.444 e. The SMILES string of the molecule is CC(C)(C)OC(=O)NC(CC1CC1)C(=O)ON1C(=O)CCC1=O. The number of hydrogen-bond donors (Lipinski definition) is 1. The Kier molecular flexibility index (Phi) is 4.91. The smallest absolute Gasteiger partial charge is 0.408 e. The molecule has 0 bridgehead atoms. The molecule has 0 aromatic carbocycles. The first kappa shape index (κ1) is 17.2. The van der Waals surface area contributed by atoms with Gasteiger partial charge in [0, 0.05) is 12.8 Å². The third-order valence-corrected chi connectivity index (χ3v) is 3.43. The zero-order chi connectivity index (χ0) is 17.2. The van der Waals surface area contributed by atoms with Crippen molar-refractivity contribution in [3.8, 4) is 0 Å². The van der Waals surface area contributed by atoms with Crippen molar-refractivity contribution < 1.29 is 28.8 Å². The standard InChI is InChI=1S/C15H22N2O6/c1-15(2,3)22-14(21)16-10(8-9-4-5-9)13(20)23-17-11(18)6-7-12(17)19/h9-10H,4-8H2,1-3H3,(H,16,21). The summed E-state index contributed by atoms with van der Waals surface area (Å²) < 4.78 is 5.13. The van der Waals surface area contributed by atoms with Crippen LogP contribution >= 0.6 is 0 Å². The Balaban J connectivity index is 1.96. The molecule has 2 aliphatic rings. The lowest BCUT2D eigenvalue weighted by Gasteiger charge is -2.23. The molecule has 3 amide bonds. The molecule has 1 saturated carbocycles. The molecule has 0 aromatic rings. The third kappa shape index (κ3) is 5.22. The van der Waals surface area contributed by atoms with Gasteiger partial charge in [0.2, 0.25) is 0 Å². The Labute approximate surface area is 134 Å². The Morgan fingerprint density at radius 2 is 1.78 bits per heavy atom. The van der Waals surface area contributed by atoms with Crippen LogP contribution in [-0.2, 0) is 24.0 Å². The molecule has 1 saturated heterocycles. The fourth-order valence-corrected chi connectivity index (χ4v) is 2.16. The van der Waals surface area contributed by atoms with E-state index < -0.39 is 35.5 Å². The Hall–Kier alpha value is -2.12. The summed E-state index contributed by atoms with van der Waals surface area (Å²) in [5, 5.41) is 2.95. The van der Waals surface area contributed by atoms with Crippen LogP contribution in [0.15, 0.2) is 0 Å². The van der Waals surface area contributed by atoms with Gasteiger partial charge in [-0.2, -0.15) is 0 Å². The van der Waals surface area contributed by atoms with Crippen LogP contribution in [0, 0.1) is 5.92 Å². The minimum absolute atomic E-state index is 0.0267. The first-order valence-corrected chi connectivity index (χ1v) is 7.73. The predicted octanol–water partition coefficient (Wildman–Crippen LogP) is 1.29. The number of carbonyl (C=O) groups is 4. The van der Waals surface area contributed by atoms with Crippen LogP contribution < -0.4 is 5.32 Å². The Morgan fingerprint density at radius 3 is 2.26 bits per heavy atom. The third-order valence-electron chi connectivity index (χ3n) is 3.43. The monoisotopic (exact) mass is 326 g/mol. The lowest BCUT2D eigenvalue weighted by Crippen LogP contribution is -2.47. The van der Waals surface area contributed by atoms with Gasteiger partial charge in [-0.1, -0.05) is 12.8 Å². The van der Waals surface area contributed by atoms with Gasteiger partial charge >= 0.3 is 12.1 Å². The number of alkyl carbamates (subject to hydrolysis) is 1. The highest BCUT2D eigenvalue weighted by atomic mass is 16.7. The molecule has 8 heteroatoms. The highest BCUT2D eigenvalue weighted by molar-refractivity contribution is 6.01. The average molecular weight is 326 g/mol. The van der Waals surface area contributed by atoms with Gasteiger partial charge < -0.3 is 14.9 Å². The zero-order valence-corrected chi connectivity index (χ0v) is 13.6. The summed E-state index contributed by atoms with van der Waals surface area (Å²) >= 11 is 0. The molecular weight excluding hydrogens is 304 g/mol. The largest absolute Gasteiger partial charge is 0.444 e. The first-order chi connectivity index (χ1) is 10.7. The maximum Gasteiger partial charge on any atom is 0.408 e. The van der Waals surface area contributed by atoms with Crippen molar-refractivity contribution >= 4 is 23.9 Å². The molecule has 23 heavy (non-hydrogen) atoms. The fourth-order valence-electron chi connectivity index (χ4n) is 2.16. The van der Waals surface area contributed by atoms with E-state index in [1.54, 1.807) is 20.8 Å². The molecule has 2 rings (SSSR count). The van der Waals surface area contributed by atoms with Gasteiger partial charge in [-0.05, 0) is 33.1 Å². The highest BCUT2D eigenvalue weighted by Gasteiger charge is 2.37. The second-order valence-corrected chi connectivity index (χ2v) is 6.87. The molecule has 8 nitrogen and oxygen atoms in total. The van der Waals surface area contributed by atoms with Crippen molar-refractivity contribution in [2.75, 3.05) is 0 Å². The molecule has 1 N–H and O–H groups in total. The van der Waals surface area contributed by atoms with Crippen LogP contribution in [0.4, 0.5) is 4.79 Å². The quantitative estimate of drug-likeness (QED) is 0.764. The number of ether oxygens (including phenoxy) is 1. The molecule has 2 fully saturated rings. The van der Waals surface area contributed by atoms with Crippen LogP contribution in [0.5, 0.6) is 0 Å². The van der Waals surface area contributed by atoms with Crippen molar-refractivity contribution in [2.45, 2.75) is 64.5 Å². The average Bonchev–Trinajstić information content (AvgIpc) is 3.17. The summed E-state index contributed by atoms with van der Waals surface area (Å²) in [7, 11) is 0. The normalized spacial score (nSPS) is 19.5. The first-order valence-electron chi connectivity index (χ1n) is 7.73. The summed E-state index contributed by atoms with van der Waals surface area (Å²) in [6, 6.07) is -0.946. The molecule has 0 spiro atoms. The van der Waals surface area contributed by atoms with Gasteiger partial charge in [-0.15, -0.1) is 5.06 Å². The molecule has 0 radical (unpaired) electrons. The van der Waals surface area contributed by atoms with Gasteiger partial charge in [0.05, 0.1) is 0 Å². The van der Waals surface area contributed by atoms with Gasteiger partial charge in [0.1, 0.15) is 11.6 Å². The molecule has 1 unspecified atom stereocenters. The van der Waals surface area contributed by atoms with E-state index in [9.17, 15) is 19.2 Å². The van der Waals surface area contributed by atoms with Crippen molar-refractivity contribution in [1.29, 1.82) is 0 Å². The number of hydrogen-bond acceptors (Lipinski definition) is 6.